The normalized spacial score (nSPS) is 15.0. The molecule has 0 saturated heterocycles. The van der Waals surface area contributed by atoms with Gasteiger partial charge in [0.25, 0.3) is 0 Å². The Morgan fingerprint density at radius 1 is 1.11 bits per heavy atom. The van der Waals surface area contributed by atoms with Crippen molar-refractivity contribution < 1.29 is 26.4 Å². The molecule has 1 unspecified atom stereocenters. The van der Waals surface area contributed by atoms with E-state index in [1.165, 1.54) is 34.8 Å². The zero-order valence-corrected chi connectivity index (χ0v) is 13.6. The van der Waals surface area contributed by atoms with Gasteiger partial charge in [-0.05, 0) is 27.7 Å². The molecule has 0 radical (unpaired) electrons. The van der Waals surface area contributed by atoms with E-state index in [2.05, 4.69) is 4.74 Å². The van der Waals surface area contributed by atoms with Crippen LogP contribution in [0.1, 0.15) is 34.1 Å². The van der Waals surface area contributed by atoms with E-state index in [9.17, 15) is 21.6 Å². The maximum atomic E-state index is 11.9. The fraction of sp³-hybridized carbons (Fsp3) is 0.909. The topological polar surface area (TPSA) is 94.6 Å². The summed E-state index contributed by atoms with van der Waals surface area (Å²) >= 11 is 0. The summed E-state index contributed by atoms with van der Waals surface area (Å²) in [6, 6.07) is 0. The minimum atomic E-state index is -3.64. The van der Waals surface area contributed by atoms with Gasteiger partial charge >= 0.3 is 5.97 Å². The molecule has 0 spiro atoms. The predicted octanol–water partition coefficient (Wildman–Crippen LogP) is 0.566. The van der Waals surface area contributed by atoms with E-state index in [1.54, 1.807) is 0 Å². The first kappa shape index (κ1) is 18.4. The molecule has 19 heavy (non-hydrogen) atoms. The number of rotatable bonds is 6. The van der Waals surface area contributed by atoms with Crippen molar-refractivity contribution in [3.05, 3.63) is 0 Å². The number of methoxy groups -OCH3 is 1. The fourth-order valence-corrected chi connectivity index (χ4v) is 4.39. The van der Waals surface area contributed by atoms with Gasteiger partial charge < -0.3 is 4.74 Å². The molecule has 0 fully saturated rings. The van der Waals surface area contributed by atoms with Gasteiger partial charge in [0.1, 0.15) is 0 Å². The highest BCUT2D eigenvalue weighted by molar-refractivity contribution is 7.96. The maximum Gasteiger partial charge on any atom is 0.306 e. The maximum absolute atomic E-state index is 11.9. The van der Waals surface area contributed by atoms with Gasteiger partial charge in [-0.2, -0.15) is 0 Å². The van der Waals surface area contributed by atoms with Gasteiger partial charge in [0.2, 0.25) is 0 Å². The Kier molecular flexibility index (Phi) is 6.01. The van der Waals surface area contributed by atoms with Gasteiger partial charge in [0, 0.05) is 0 Å². The van der Waals surface area contributed by atoms with Crippen LogP contribution in [0.2, 0.25) is 0 Å². The van der Waals surface area contributed by atoms with Crippen LogP contribution in [0.25, 0.3) is 0 Å². The zero-order chi connectivity index (χ0) is 15.5. The lowest BCUT2D eigenvalue weighted by molar-refractivity contribution is -0.140. The number of carbonyl (C=O) groups excluding carboxylic acids is 1. The molecule has 0 aromatic heterocycles. The van der Waals surface area contributed by atoms with Crippen LogP contribution in [0.4, 0.5) is 0 Å². The summed E-state index contributed by atoms with van der Waals surface area (Å²) in [5.41, 5.74) is 0. The monoisotopic (exact) mass is 314 g/mol. The van der Waals surface area contributed by atoms with Gasteiger partial charge in [-0.15, -0.1) is 0 Å². The summed E-state index contributed by atoms with van der Waals surface area (Å²) in [4.78, 5) is 11.0. The third kappa shape index (κ3) is 5.48. The lowest BCUT2D eigenvalue weighted by Crippen LogP contribution is -2.35. The van der Waals surface area contributed by atoms with E-state index < -0.39 is 47.1 Å². The average molecular weight is 314 g/mol. The van der Waals surface area contributed by atoms with E-state index in [4.69, 9.17) is 0 Å². The SMILES string of the molecule is COC(=O)CC(C)S(=O)(=O)CCS(=O)(=O)C(C)(C)C. The van der Waals surface area contributed by atoms with Crippen LogP contribution in [0.5, 0.6) is 0 Å². The molecular formula is C11H22O6S2. The summed E-state index contributed by atoms with van der Waals surface area (Å²) < 4.78 is 50.9. The lowest BCUT2D eigenvalue weighted by atomic mass is 10.3. The van der Waals surface area contributed by atoms with Crippen molar-refractivity contribution >= 4 is 25.6 Å². The molecule has 114 valence electrons. The molecule has 0 aliphatic carbocycles. The van der Waals surface area contributed by atoms with Crippen LogP contribution in [0.15, 0.2) is 0 Å². The first-order valence-electron chi connectivity index (χ1n) is 5.84. The van der Waals surface area contributed by atoms with Crippen LogP contribution in [-0.4, -0.2) is 51.4 Å². The molecule has 0 N–H and O–H groups in total. The summed E-state index contributed by atoms with van der Waals surface area (Å²) in [7, 11) is -5.96. The van der Waals surface area contributed by atoms with Crippen molar-refractivity contribution in [1.82, 2.24) is 0 Å². The largest absolute Gasteiger partial charge is 0.469 e. The second-order valence-corrected chi connectivity index (χ2v) is 10.8. The summed E-state index contributed by atoms with van der Waals surface area (Å²) in [6.45, 7) is 5.93. The highest BCUT2D eigenvalue weighted by Gasteiger charge is 2.32. The van der Waals surface area contributed by atoms with E-state index in [1.807, 2.05) is 0 Å². The van der Waals surface area contributed by atoms with E-state index in [0.29, 0.717) is 0 Å². The smallest absolute Gasteiger partial charge is 0.306 e. The van der Waals surface area contributed by atoms with Gasteiger partial charge in [0.05, 0.1) is 35.0 Å². The summed E-state index contributed by atoms with van der Waals surface area (Å²) in [6.07, 6.45) is -0.269. The molecule has 0 aromatic carbocycles. The average Bonchev–Trinajstić information content (AvgIpc) is 2.24. The second kappa shape index (κ2) is 6.21. The first-order chi connectivity index (χ1) is 8.33. The minimum Gasteiger partial charge on any atom is -0.469 e. The number of sulfone groups is 2. The molecule has 0 aliphatic heterocycles. The number of esters is 1. The number of hydrogen-bond acceptors (Lipinski definition) is 6. The second-order valence-electron chi connectivity index (χ2n) is 5.39. The molecule has 0 aliphatic rings. The Hall–Kier alpha value is -0.630. The Morgan fingerprint density at radius 3 is 1.95 bits per heavy atom. The van der Waals surface area contributed by atoms with Crippen LogP contribution in [0.3, 0.4) is 0 Å². The van der Waals surface area contributed by atoms with E-state index in [-0.39, 0.29) is 6.42 Å². The van der Waals surface area contributed by atoms with Gasteiger partial charge in [0.15, 0.2) is 19.7 Å². The number of carbonyl (C=O) groups is 1. The number of hydrogen-bond donors (Lipinski definition) is 0. The molecule has 0 amide bonds. The van der Waals surface area contributed by atoms with Crippen LogP contribution in [-0.2, 0) is 29.2 Å². The van der Waals surface area contributed by atoms with E-state index >= 15 is 0 Å². The van der Waals surface area contributed by atoms with Gasteiger partial charge in [-0.1, -0.05) is 0 Å². The van der Waals surface area contributed by atoms with Crippen LogP contribution in [0, 0.1) is 0 Å². The molecule has 8 heteroatoms. The number of ether oxygens (including phenoxy) is 1. The van der Waals surface area contributed by atoms with Crippen molar-refractivity contribution in [3.8, 4) is 0 Å². The highest BCUT2D eigenvalue weighted by atomic mass is 32.2. The van der Waals surface area contributed by atoms with Gasteiger partial charge in [-0.3, -0.25) is 4.79 Å². The van der Waals surface area contributed by atoms with Crippen molar-refractivity contribution in [2.45, 2.75) is 44.1 Å². The fourth-order valence-electron chi connectivity index (χ4n) is 1.18. The zero-order valence-electron chi connectivity index (χ0n) is 12.0. The Balaban J connectivity index is 4.78. The predicted molar refractivity (Wildman–Crippen MR) is 73.4 cm³/mol. The lowest BCUT2D eigenvalue weighted by Gasteiger charge is -2.19. The first-order valence-corrected chi connectivity index (χ1v) is 9.21. The minimum absolute atomic E-state index is 0.269. The van der Waals surface area contributed by atoms with Gasteiger partial charge in [-0.25, -0.2) is 16.8 Å². The molecule has 0 aromatic rings. The van der Waals surface area contributed by atoms with Crippen LogP contribution >= 0.6 is 0 Å². The van der Waals surface area contributed by atoms with Crippen molar-refractivity contribution in [2.24, 2.45) is 0 Å². The Labute approximate surface area is 115 Å². The van der Waals surface area contributed by atoms with Crippen LogP contribution < -0.4 is 0 Å². The molecular weight excluding hydrogens is 292 g/mol. The molecule has 0 bridgehead atoms. The van der Waals surface area contributed by atoms with Crippen molar-refractivity contribution in [3.63, 3.8) is 0 Å². The third-order valence-corrected chi connectivity index (χ3v) is 7.90. The summed E-state index contributed by atoms with van der Waals surface area (Å²) in [5, 5.41) is -0.949. The molecule has 0 heterocycles. The van der Waals surface area contributed by atoms with Crippen molar-refractivity contribution in [1.29, 1.82) is 0 Å². The van der Waals surface area contributed by atoms with Crippen molar-refractivity contribution in [2.75, 3.05) is 18.6 Å². The standard InChI is InChI=1S/C11H22O6S2/c1-9(8-10(12)17-5)18(13,14)6-7-19(15,16)11(2,3)4/h9H,6-8H2,1-5H3. The molecule has 1 atom stereocenters. The van der Waals surface area contributed by atoms with E-state index in [0.717, 1.165) is 0 Å². The highest BCUT2D eigenvalue weighted by Crippen LogP contribution is 2.17. The molecule has 0 rings (SSSR count). The molecule has 6 nitrogen and oxygen atoms in total. The molecule has 0 saturated carbocycles. The Bertz CT molecular complexity index is 510. The summed E-state index contributed by atoms with van der Waals surface area (Å²) in [5.74, 6) is -1.55. The Morgan fingerprint density at radius 2 is 1.58 bits per heavy atom. The quantitative estimate of drug-likeness (QED) is 0.665. The third-order valence-electron chi connectivity index (χ3n) is 2.86.